The van der Waals surface area contributed by atoms with E-state index in [1.54, 1.807) is 12.1 Å². The summed E-state index contributed by atoms with van der Waals surface area (Å²) in [6.45, 7) is 1.12. The van der Waals surface area contributed by atoms with Crippen molar-refractivity contribution in [2.75, 3.05) is 20.3 Å². The number of amides is 1. The Balaban J connectivity index is 1.81. The first kappa shape index (κ1) is 21.3. The molecule has 1 aromatic carbocycles. The van der Waals surface area contributed by atoms with Gasteiger partial charge in [-0.05, 0) is 37.5 Å². The second-order valence-electron chi connectivity index (χ2n) is 6.66. The Bertz CT molecular complexity index is 761. The smallest absolute Gasteiger partial charge is 0.344 e. The molecule has 7 heteroatoms. The van der Waals surface area contributed by atoms with Gasteiger partial charge in [0.25, 0.3) is 5.91 Å². The summed E-state index contributed by atoms with van der Waals surface area (Å²) >= 11 is 0. The van der Waals surface area contributed by atoms with Gasteiger partial charge >= 0.3 is 5.97 Å². The number of nitriles is 1. The van der Waals surface area contributed by atoms with Crippen LogP contribution in [0.3, 0.4) is 0 Å². The van der Waals surface area contributed by atoms with Crippen LogP contribution < -0.4 is 14.8 Å². The fraction of sp³-hybridized carbons (Fsp3) is 0.476. The molecule has 0 aliphatic heterocycles. The highest BCUT2D eigenvalue weighted by molar-refractivity contribution is 5.81. The van der Waals surface area contributed by atoms with E-state index >= 15 is 0 Å². The molecular formula is C21H26N2O5. The van der Waals surface area contributed by atoms with Crippen LogP contribution in [0.25, 0.3) is 6.08 Å². The van der Waals surface area contributed by atoms with Crippen molar-refractivity contribution in [3.63, 3.8) is 0 Å². The van der Waals surface area contributed by atoms with E-state index in [4.69, 9.17) is 14.2 Å². The number of hydrogen-bond acceptors (Lipinski definition) is 6. The van der Waals surface area contributed by atoms with E-state index in [-0.39, 0.29) is 6.61 Å². The van der Waals surface area contributed by atoms with Crippen molar-refractivity contribution in [2.24, 2.45) is 0 Å². The van der Waals surface area contributed by atoms with Crippen LogP contribution >= 0.6 is 0 Å². The molecule has 1 aromatic rings. The Morgan fingerprint density at radius 1 is 1.21 bits per heavy atom. The predicted molar refractivity (Wildman–Crippen MR) is 104 cm³/mol. The molecule has 1 amide bonds. The molecule has 0 spiro atoms. The molecule has 28 heavy (non-hydrogen) atoms. The van der Waals surface area contributed by atoms with Crippen LogP contribution in [0.4, 0.5) is 0 Å². The Morgan fingerprint density at radius 3 is 2.61 bits per heavy atom. The first-order valence-electron chi connectivity index (χ1n) is 9.33. The zero-order chi connectivity index (χ0) is 20.4. The molecule has 0 atom stereocenters. The molecule has 0 heterocycles. The summed E-state index contributed by atoms with van der Waals surface area (Å²) in [5.74, 6) is -0.258. The Hall–Kier alpha value is -3.01. The fourth-order valence-electron chi connectivity index (χ4n) is 3.15. The number of nitrogens with one attached hydrogen (secondary N) is 1. The zero-order valence-corrected chi connectivity index (χ0v) is 16.3. The van der Waals surface area contributed by atoms with Gasteiger partial charge in [0, 0.05) is 0 Å². The van der Waals surface area contributed by atoms with E-state index < -0.39 is 24.0 Å². The third kappa shape index (κ3) is 6.02. The largest absolute Gasteiger partial charge is 0.493 e. The quantitative estimate of drug-likeness (QED) is 0.690. The topological polar surface area (TPSA) is 97.6 Å². The van der Waals surface area contributed by atoms with E-state index in [0.29, 0.717) is 24.3 Å². The summed E-state index contributed by atoms with van der Waals surface area (Å²) in [5.41, 5.74) is 0.0976. The van der Waals surface area contributed by atoms with Gasteiger partial charge in [-0.1, -0.05) is 37.5 Å². The lowest BCUT2D eigenvalue weighted by molar-refractivity contribution is -0.150. The SMILES string of the molecule is C/C=C/c1ccc(OCC(=O)OCC(=O)NC2(C#N)CCCCC2)c(OC)c1. The second-order valence-corrected chi connectivity index (χ2v) is 6.66. The average molecular weight is 386 g/mol. The number of nitrogens with zero attached hydrogens (tertiary/aromatic N) is 1. The highest BCUT2D eigenvalue weighted by Crippen LogP contribution is 2.29. The number of rotatable bonds is 8. The van der Waals surface area contributed by atoms with Crippen LogP contribution in [0.2, 0.25) is 0 Å². The van der Waals surface area contributed by atoms with Crippen molar-refractivity contribution < 1.29 is 23.8 Å². The lowest BCUT2D eigenvalue weighted by Crippen LogP contribution is -2.50. The summed E-state index contributed by atoms with van der Waals surface area (Å²) in [6.07, 6.45) is 7.92. The van der Waals surface area contributed by atoms with E-state index in [0.717, 1.165) is 24.8 Å². The molecule has 150 valence electrons. The first-order valence-corrected chi connectivity index (χ1v) is 9.33. The van der Waals surface area contributed by atoms with Crippen molar-refractivity contribution >= 4 is 18.0 Å². The van der Waals surface area contributed by atoms with E-state index in [1.165, 1.54) is 7.11 Å². The number of methoxy groups -OCH3 is 1. The van der Waals surface area contributed by atoms with Gasteiger partial charge in [0.1, 0.15) is 5.54 Å². The minimum Gasteiger partial charge on any atom is -0.493 e. The Labute approximate surface area is 165 Å². The number of hydrogen-bond donors (Lipinski definition) is 1. The minimum atomic E-state index is -0.847. The molecule has 1 fully saturated rings. The highest BCUT2D eigenvalue weighted by atomic mass is 16.6. The van der Waals surface area contributed by atoms with Gasteiger partial charge in [-0.3, -0.25) is 4.79 Å². The maximum absolute atomic E-state index is 12.0. The molecule has 0 bridgehead atoms. The van der Waals surface area contributed by atoms with Gasteiger partial charge in [-0.2, -0.15) is 5.26 Å². The van der Waals surface area contributed by atoms with Crippen LogP contribution in [0.15, 0.2) is 24.3 Å². The van der Waals surface area contributed by atoms with Crippen LogP contribution in [0, 0.1) is 11.3 Å². The van der Waals surface area contributed by atoms with Crippen LogP contribution in [0.5, 0.6) is 11.5 Å². The molecule has 0 saturated heterocycles. The normalized spacial score (nSPS) is 15.5. The molecule has 0 unspecified atom stereocenters. The Morgan fingerprint density at radius 2 is 1.96 bits per heavy atom. The summed E-state index contributed by atoms with van der Waals surface area (Å²) in [4.78, 5) is 23.9. The molecular weight excluding hydrogens is 360 g/mol. The third-order valence-corrected chi connectivity index (χ3v) is 4.56. The monoisotopic (exact) mass is 386 g/mol. The number of allylic oxidation sites excluding steroid dienone is 1. The van der Waals surface area contributed by atoms with E-state index in [9.17, 15) is 14.9 Å². The van der Waals surface area contributed by atoms with Crippen LogP contribution in [0.1, 0.15) is 44.6 Å². The number of esters is 1. The number of ether oxygens (including phenoxy) is 3. The zero-order valence-electron chi connectivity index (χ0n) is 16.3. The maximum atomic E-state index is 12.0. The average Bonchev–Trinajstić information content (AvgIpc) is 2.72. The van der Waals surface area contributed by atoms with Crippen molar-refractivity contribution in [1.29, 1.82) is 5.26 Å². The molecule has 1 saturated carbocycles. The third-order valence-electron chi connectivity index (χ3n) is 4.56. The second kappa shape index (κ2) is 10.4. The highest BCUT2D eigenvalue weighted by Gasteiger charge is 2.33. The van der Waals surface area contributed by atoms with Crippen molar-refractivity contribution in [2.45, 2.75) is 44.6 Å². The van der Waals surface area contributed by atoms with Crippen LogP contribution in [-0.2, 0) is 14.3 Å². The summed E-state index contributed by atoms with van der Waals surface area (Å²) in [5, 5.41) is 12.1. The summed E-state index contributed by atoms with van der Waals surface area (Å²) in [6, 6.07) is 7.52. The fourth-order valence-corrected chi connectivity index (χ4v) is 3.15. The van der Waals surface area contributed by atoms with Gasteiger partial charge in [0.05, 0.1) is 13.2 Å². The van der Waals surface area contributed by atoms with Gasteiger partial charge in [0.15, 0.2) is 24.7 Å². The molecule has 2 rings (SSSR count). The first-order chi connectivity index (χ1) is 13.5. The van der Waals surface area contributed by atoms with Crippen molar-refractivity contribution in [3.05, 3.63) is 29.8 Å². The van der Waals surface area contributed by atoms with Gasteiger partial charge in [-0.15, -0.1) is 0 Å². The molecule has 0 radical (unpaired) electrons. The number of carbonyl (C=O) groups excluding carboxylic acids is 2. The number of benzene rings is 1. The summed E-state index contributed by atoms with van der Waals surface area (Å²) < 4.78 is 15.7. The lowest BCUT2D eigenvalue weighted by atomic mass is 9.83. The van der Waals surface area contributed by atoms with Crippen molar-refractivity contribution in [3.8, 4) is 17.6 Å². The Kier molecular flexibility index (Phi) is 7.88. The molecule has 7 nitrogen and oxygen atoms in total. The standard InChI is InChI=1S/C21H26N2O5/c1-3-7-16-8-9-17(18(12-16)26-2)27-14-20(25)28-13-19(24)23-21(15-22)10-5-4-6-11-21/h3,7-9,12H,4-6,10-11,13-14H2,1-2H3,(H,23,24)/b7-3+. The maximum Gasteiger partial charge on any atom is 0.344 e. The lowest BCUT2D eigenvalue weighted by Gasteiger charge is -2.31. The van der Waals surface area contributed by atoms with Gasteiger partial charge < -0.3 is 19.5 Å². The molecule has 1 N–H and O–H groups in total. The van der Waals surface area contributed by atoms with Gasteiger partial charge in [0.2, 0.25) is 0 Å². The van der Waals surface area contributed by atoms with E-state index in [2.05, 4.69) is 11.4 Å². The van der Waals surface area contributed by atoms with Crippen molar-refractivity contribution in [1.82, 2.24) is 5.32 Å². The number of carbonyl (C=O) groups is 2. The minimum absolute atomic E-state index is 0.351. The van der Waals surface area contributed by atoms with Crippen LogP contribution in [-0.4, -0.2) is 37.7 Å². The molecule has 1 aliphatic rings. The molecule has 1 aliphatic carbocycles. The molecule has 0 aromatic heterocycles. The van der Waals surface area contributed by atoms with Gasteiger partial charge in [-0.25, -0.2) is 4.79 Å². The predicted octanol–water partition coefficient (Wildman–Crippen LogP) is 2.99. The van der Waals surface area contributed by atoms with E-state index in [1.807, 2.05) is 25.1 Å². The summed E-state index contributed by atoms with van der Waals surface area (Å²) in [7, 11) is 1.51.